The number of fused-ring (bicyclic) bond motifs is 1. The van der Waals surface area contributed by atoms with Crippen molar-refractivity contribution in [1.29, 1.82) is 0 Å². The molecule has 0 spiro atoms. The number of halogens is 1. The van der Waals surface area contributed by atoms with Crippen molar-refractivity contribution in [1.82, 2.24) is 19.2 Å². The molecule has 2 aromatic carbocycles. The van der Waals surface area contributed by atoms with Crippen LogP contribution in [0.3, 0.4) is 0 Å². The third-order valence-electron chi connectivity index (χ3n) is 4.79. The summed E-state index contributed by atoms with van der Waals surface area (Å²) in [7, 11) is 1.24. The molecule has 1 N–H and O–H groups in total. The third-order valence-corrected chi connectivity index (χ3v) is 6.60. The summed E-state index contributed by atoms with van der Waals surface area (Å²) in [5.74, 6) is 0.548. The first-order valence-corrected chi connectivity index (χ1v) is 11.2. The monoisotopic (exact) mass is 448 g/mol. The fourth-order valence-electron chi connectivity index (χ4n) is 3.05. The smallest absolute Gasteiger partial charge is 0.242 e. The molecule has 1 heterocycles. The number of imidazole rings is 1. The first kappa shape index (κ1) is 22.7. The number of nitrogens with zero attached hydrogens (tertiary/aromatic N) is 3. The van der Waals surface area contributed by atoms with E-state index in [9.17, 15) is 17.6 Å². The fraction of sp³-hybridized carbons (Fsp3) is 0.333. The van der Waals surface area contributed by atoms with Crippen molar-refractivity contribution < 1.29 is 22.3 Å². The quantitative estimate of drug-likeness (QED) is 0.506. The van der Waals surface area contributed by atoms with Crippen molar-refractivity contribution in [3.05, 3.63) is 54.1 Å². The number of amides is 1. The molecule has 0 unspecified atom stereocenters. The van der Waals surface area contributed by atoms with Gasteiger partial charge in [-0.25, -0.2) is 22.1 Å². The minimum absolute atomic E-state index is 0.161. The molecule has 8 nitrogen and oxygen atoms in total. The average Bonchev–Trinajstić information content (AvgIpc) is 3.04. The lowest BCUT2D eigenvalue weighted by Crippen LogP contribution is -2.28. The Balaban J connectivity index is 1.55. The van der Waals surface area contributed by atoms with Crippen LogP contribution in [0.5, 0.6) is 5.75 Å². The van der Waals surface area contributed by atoms with E-state index < -0.39 is 10.0 Å². The zero-order chi connectivity index (χ0) is 22.6. The van der Waals surface area contributed by atoms with Gasteiger partial charge >= 0.3 is 0 Å². The van der Waals surface area contributed by atoms with Gasteiger partial charge in [-0.15, -0.1) is 0 Å². The molecule has 0 bridgehead atoms. The van der Waals surface area contributed by atoms with E-state index in [0.29, 0.717) is 30.1 Å². The van der Waals surface area contributed by atoms with Crippen LogP contribution in [0.25, 0.3) is 11.0 Å². The van der Waals surface area contributed by atoms with Crippen LogP contribution < -0.4 is 10.1 Å². The number of benzene rings is 2. The normalized spacial score (nSPS) is 11.8. The standard InChI is InChI=1S/C21H25FN4O4S/c1-25(2)31(28,29)17-7-8-19-18(14-17)24-20(26(19)3)9-10-21(27)23-11-12-30-16-6-4-5-15(22)13-16/h4-8,13-14H,9-12H2,1-3H3,(H,23,27). The maximum Gasteiger partial charge on any atom is 0.242 e. The van der Waals surface area contributed by atoms with E-state index in [2.05, 4.69) is 10.3 Å². The molecule has 0 aliphatic carbocycles. The van der Waals surface area contributed by atoms with Gasteiger partial charge in [-0.05, 0) is 30.3 Å². The van der Waals surface area contributed by atoms with E-state index in [0.717, 1.165) is 9.82 Å². The number of hydrogen-bond donors (Lipinski definition) is 1. The van der Waals surface area contributed by atoms with Crippen LogP contribution in [0.1, 0.15) is 12.2 Å². The van der Waals surface area contributed by atoms with Crippen LogP contribution >= 0.6 is 0 Å². The summed E-state index contributed by atoms with van der Waals surface area (Å²) < 4.78 is 46.1. The van der Waals surface area contributed by atoms with Crippen LogP contribution in [-0.2, 0) is 28.3 Å². The molecule has 0 atom stereocenters. The van der Waals surface area contributed by atoms with E-state index in [-0.39, 0.29) is 29.6 Å². The Morgan fingerprint density at radius 1 is 1.23 bits per heavy atom. The van der Waals surface area contributed by atoms with Gasteiger partial charge in [-0.2, -0.15) is 0 Å². The summed E-state index contributed by atoms with van der Waals surface area (Å²) in [6, 6.07) is 10.6. The largest absolute Gasteiger partial charge is 0.492 e. The van der Waals surface area contributed by atoms with Crippen LogP contribution in [0.4, 0.5) is 4.39 Å². The maximum absolute atomic E-state index is 13.1. The van der Waals surface area contributed by atoms with Crippen LogP contribution in [-0.4, -0.2) is 55.4 Å². The molecule has 0 aliphatic rings. The Kier molecular flexibility index (Phi) is 6.91. The molecule has 0 radical (unpaired) electrons. The second kappa shape index (κ2) is 9.44. The number of nitrogens with one attached hydrogen (secondary N) is 1. The molecule has 3 aromatic rings. The number of carbonyl (C=O) groups is 1. The Morgan fingerprint density at radius 3 is 2.71 bits per heavy atom. The highest BCUT2D eigenvalue weighted by Crippen LogP contribution is 2.21. The lowest BCUT2D eigenvalue weighted by Gasteiger charge is -2.10. The molecule has 31 heavy (non-hydrogen) atoms. The summed E-state index contributed by atoms with van der Waals surface area (Å²) in [6.07, 6.45) is 0.623. The fourth-order valence-corrected chi connectivity index (χ4v) is 3.98. The highest BCUT2D eigenvalue weighted by Gasteiger charge is 2.19. The van der Waals surface area contributed by atoms with E-state index in [1.54, 1.807) is 24.3 Å². The van der Waals surface area contributed by atoms with Gasteiger partial charge in [-0.1, -0.05) is 6.07 Å². The number of aromatic nitrogens is 2. The molecule has 1 aromatic heterocycles. The first-order valence-electron chi connectivity index (χ1n) is 9.71. The molecule has 0 fully saturated rings. The van der Waals surface area contributed by atoms with E-state index in [1.807, 2.05) is 11.6 Å². The summed E-state index contributed by atoms with van der Waals surface area (Å²) in [4.78, 5) is 16.8. The molecule has 10 heteroatoms. The van der Waals surface area contributed by atoms with E-state index in [1.165, 1.54) is 32.3 Å². The third kappa shape index (κ3) is 5.39. The zero-order valence-corrected chi connectivity index (χ0v) is 18.4. The number of sulfonamides is 1. The van der Waals surface area contributed by atoms with Crippen LogP contribution in [0, 0.1) is 5.82 Å². The molecule has 3 rings (SSSR count). The first-order chi connectivity index (χ1) is 14.7. The van der Waals surface area contributed by atoms with Crippen molar-refractivity contribution in [2.24, 2.45) is 7.05 Å². The SMILES string of the molecule is CN(C)S(=O)(=O)c1ccc2c(c1)nc(CCC(=O)NCCOc1cccc(F)c1)n2C. The van der Waals surface area contributed by atoms with Gasteiger partial charge in [0, 0.05) is 40.1 Å². The lowest BCUT2D eigenvalue weighted by molar-refractivity contribution is -0.121. The zero-order valence-electron chi connectivity index (χ0n) is 17.6. The van der Waals surface area contributed by atoms with Gasteiger partial charge < -0.3 is 14.6 Å². The minimum Gasteiger partial charge on any atom is -0.492 e. The van der Waals surface area contributed by atoms with Gasteiger partial charge in [0.15, 0.2) is 0 Å². The molecule has 0 saturated heterocycles. The molecule has 0 saturated carbocycles. The minimum atomic E-state index is -3.55. The van der Waals surface area contributed by atoms with E-state index in [4.69, 9.17) is 4.74 Å². The van der Waals surface area contributed by atoms with Crippen molar-refractivity contribution in [2.45, 2.75) is 17.7 Å². The van der Waals surface area contributed by atoms with Gasteiger partial charge in [-0.3, -0.25) is 4.79 Å². The molecular weight excluding hydrogens is 423 g/mol. The number of aryl methyl sites for hydroxylation is 2. The molecular formula is C21H25FN4O4S. The molecule has 0 aliphatic heterocycles. The van der Waals surface area contributed by atoms with Crippen molar-refractivity contribution in [2.75, 3.05) is 27.2 Å². The second-order valence-corrected chi connectivity index (χ2v) is 9.33. The summed E-state index contributed by atoms with van der Waals surface area (Å²) in [6.45, 7) is 0.522. The number of rotatable bonds is 9. The summed E-state index contributed by atoms with van der Waals surface area (Å²) >= 11 is 0. The second-order valence-electron chi connectivity index (χ2n) is 7.18. The average molecular weight is 449 g/mol. The summed E-state index contributed by atoms with van der Waals surface area (Å²) in [5.41, 5.74) is 1.35. The van der Waals surface area contributed by atoms with Crippen molar-refractivity contribution in [3.63, 3.8) is 0 Å². The Morgan fingerprint density at radius 2 is 2.00 bits per heavy atom. The van der Waals surface area contributed by atoms with Crippen molar-refractivity contribution in [3.8, 4) is 5.75 Å². The topological polar surface area (TPSA) is 93.5 Å². The van der Waals surface area contributed by atoms with Crippen LogP contribution in [0.2, 0.25) is 0 Å². The van der Waals surface area contributed by atoms with E-state index >= 15 is 0 Å². The van der Waals surface area contributed by atoms with Crippen LogP contribution in [0.15, 0.2) is 47.4 Å². The Bertz CT molecular complexity index is 1190. The molecule has 166 valence electrons. The van der Waals surface area contributed by atoms with Gasteiger partial charge in [0.1, 0.15) is 24.0 Å². The number of carbonyl (C=O) groups excluding carboxylic acids is 1. The Labute approximate surface area is 180 Å². The lowest BCUT2D eigenvalue weighted by atomic mass is 10.3. The van der Waals surface area contributed by atoms with Crippen molar-refractivity contribution >= 4 is 27.0 Å². The predicted octanol–water partition coefficient (Wildman–Crippen LogP) is 2.09. The maximum atomic E-state index is 13.1. The van der Waals surface area contributed by atoms with Gasteiger partial charge in [0.05, 0.1) is 22.5 Å². The number of hydrogen-bond acceptors (Lipinski definition) is 5. The highest BCUT2D eigenvalue weighted by atomic mass is 32.2. The predicted molar refractivity (Wildman–Crippen MR) is 115 cm³/mol. The number of ether oxygens (including phenoxy) is 1. The summed E-state index contributed by atoms with van der Waals surface area (Å²) in [5, 5.41) is 2.75. The van der Waals surface area contributed by atoms with Gasteiger partial charge in [0.25, 0.3) is 0 Å². The highest BCUT2D eigenvalue weighted by molar-refractivity contribution is 7.89. The molecule has 1 amide bonds. The Hall–Kier alpha value is -2.98. The van der Waals surface area contributed by atoms with Gasteiger partial charge in [0.2, 0.25) is 15.9 Å².